The van der Waals surface area contributed by atoms with Gasteiger partial charge in [-0.25, -0.2) is 0 Å². The number of nitrogens with zero attached hydrogens (tertiary/aromatic N) is 3. The molecule has 0 saturated carbocycles. The number of aromatic nitrogens is 3. The Morgan fingerprint density at radius 1 is 1.31 bits per heavy atom. The number of rotatable bonds is 6. The predicted octanol–water partition coefficient (Wildman–Crippen LogP) is 2.13. The lowest BCUT2D eigenvalue weighted by Crippen LogP contribution is -2.06. The van der Waals surface area contributed by atoms with E-state index in [1.165, 1.54) is 0 Å². The molecule has 0 aromatic carbocycles. The van der Waals surface area contributed by atoms with Crippen LogP contribution in [0.2, 0.25) is 0 Å². The van der Waals surface area contributed by atoms with E-state index in [1.807, 2.05) is 6.92 Å². The molecule has 6 heteroatoms. The van der Waals surface area contributed by atoms with E-state index < -0.39 is 0 Å². The van der Waals surface area contributed by atoms with Gasteiger partial charge in [-0.15, -0.1) is 0 Å². The van der Waals surface area contributed by atoms with Gasteiger partial charge in [0.25, 0.3) is 0 Å². The van der Waals surface area contributed by atoms with Crippen LogP contribution in [-0.2, 0) is 0 Å². The molecule has 0 radical (unpaired) electrons. The van der Waals surface area contributed by atoms with Crippen molar-refractivity contribution in [1.82, 2.24) is 15.0 Å². The van der Waals surface area contributed by atoms with Gasteiger partial charge in [-0.1, -0.05) is 32.5 Å². The van der Waals surface area contributed by atoms with Gasteiger partial charge in [0, 0.05) is 5.25 Å². The van der Waals surface area contributed by atoms with Gasteiger partial charge in [0.15, 0.2) is 5.16 Å². The quantitative estimate of drug-likeness (QED) is 0.770. The van der Waals surface area contributed by atoms with Crippen LogP contribution >= 0.6 is 11.8 Å². The Hall–Kier alpha value is -1.04. The number of ether oxygens (including phenoxy) is 1. The summed E-state index contributed by atoms with van der Waals surface area (Å²) in [6, 6.07) is 0.320. The zero-order valence-corrected chi connectivity index (χ0v) is 10.8. The van der Waals surface area contributed by atoms with Crippen LogP contribution in [0.3, 0.4) is 0 Å². The van der Waals surface area contributed by atoms with Crippen molar-refractivity contribution in [3.8, 4) is 6.01 Å². The summed E-state index contributed by atoms with van der Waals surface area (Å²) in [5.41, 5.74) is 5.59. The number of hydrogen-bond donors (Lipinski definition) is 1. The fourth-order valence-electron chi connectivity index (χ4n) is 0.927. The minimum Gasteiger partial charge on any atom is -0.463 e. The lowest BCUT2D eigenvalue weighted by atomic mass is 10.4. The molecule has 0 aliphatic rings. The first-order valence-corrected chi connectivity index (χ1v) is 6.34. The summed E-state index contributed by atoms with van der Waals surface area (Å²) in [6.07, 6.45) is 1.97. The van der Waals surface area contributed by atoms with Gasteiger partial charge in [0.05, 0.1) is 6.61 Å². The number of hydrogen-bond acceptors (Lipinski definition) is 6. The molecule has 16 heavy (non-hydrogen) atoms. The van der Waals surface area contributed by atoms with E-state index >= 15 is 0 Å². The molecule has 0 saturated heterocycles. The van der Waals surface area contributed by atoms with Crippen molar-refractivity contribution in [2.45, 2.75) is 44.0 Å². The minimum absolute atomic E-state index is 0.215. The first-order valence-electron chi connectivity index (χ1n) is 5.46. The largest absolute Gasteiger partial charge is 0.463 e. The fraction of sp³-hybridized carbons (Fsp3) is 0.700. The Morgan fingerprint density at radius 3 is 2.69 bits per heavy atom. The molecule has 0 aliphatic heterocycles. The first-order chi connectivity index (χ1) is 7.65. The predicted molar refractivity (Wildman–Crippen MR) is 65.6 cm³/mol. The van der Waals surface area contributed by atoms with E-state index in [9.17, 15) is 0 Å². The van der Waals surface area contributed by atoms with Gasteiger partial charge in [-0.3, -0.25) is 0 Å². The van der Waals surface area contributed by atoms with Crippen molar-refractivity contribution >= 4 is 17.7 Å². The van der Waals surface area contributed by atoms with E-state index in [0.717, 1.165) is 12.8 Å². The van der Waals surface area contributed by atoms with Crippen molar-refractivity contribution in [1.29, 1.82) is 0 Å². The molecule has 1 unspecified atom stereocenters. The molecule has 0 amide bonds. The third-order valence-electron chi connectivity index (χ3n) is 1.93. The van der Waals surface area contributed by atoms with Crippen molar-refractivity contribution in [2.24, 2.45) is 0 Å². The zero-order valence-electron chi connectivity index (χ0n) is 9.93. The summed E-state index contributed by atoms with van der Waals surface area (Å²) in [4.78, 5) is 12.2. The van der Waals surface area contributed by atoms with Crippen LogP contribution in [0.4, 0.5) is 5.95 Å². The smallest absolute Gasteiger partial charge is 0.322 e. The third kappa shape index (κ3) is 4.22. The highest BCUT2D eigenvalue weighted by Crippen LogP contribution is 2.23. The van der Waals surface area contributed by atoms with Crippen LogP contribution in [0.5, 0.6) is 6.01 Å². The van der Waals surface area contributed by atoms with E-state index in [2.05, 4.69) is 28.8 Å². The summed E-state index contributed by atoms with van der Waals surface area (Å²) in [5.74, 6) is 0.215. The molecule has 0 fully saturated rings. The summed E-state index contributed by atoms with van der Waals surface area (Å²) in [7, 11) is 0. The standard InChI is InChI=1S/C10H18N4OS/c1-4-6-15-9-12-8(11)13-10(14-9)16-7(3)5-2/h7H,4-6H2,1-3H3,(H2,11,12,13,14). The lowest BCUT2D eigenvalue weighted by molar-refractivity contribution is 0.288. The van der Waals surface area contributed by atoms with Gasteiger partial charge < -0.3 is 10.5 Å². The second-order valence-corrected chi connectivity index (χ2v) is 4.85. The SMILES string of the molecule is CCCOc1nc(N)nc(SC(C)CC)n1. The Balaban J connectivity index is 2.73. The average Bonchev–Trinajstić information content (AvgIpc) is 2.25. The van der Waals surface area contributed by atoms with Crippen molar-refractivity contribution in [3.05, 3.63) is 0 Å². The Bertz CT molecular complexity index is 335. The van der Waals surface area contributed by atoms with Gasteiger partial charge >= 0.3 is 6.01 Å². The minimum atomic E-state index is 0.215. The van der Waals surface area contributed by atoms with Gasteiger partial charge in [0.2, 0.25) is 5.95 Å². The highest BCUT2D eigenvalue weighted by molar-refractivity contribution is 7.99. The molecule has 1 aromatic rings. The molecule has 1 aromatic heterocycles. The Labute approximate surface area is 100 Å². The lowest BCUT2D eigenvalue weighted by Gasteiger charge is -2.08. The fourth-order valence-corrected chi connectivity index (χ4v) is 1.73. The van der Waals surface area contributed by atoms with E-state index in [-0.39, 0.29) is 5.95 Å². The Morgan fingerprint density at radius 2 is 2.06 bits per heavy atom. The molecule has 2 N–H and O–H groups in total. The second kappa shape index (κ2) is 6.52. The van der Waals surface area contributed by atoms with Crippen LogP contribution in [0.25, 0.3) is 0 Å². The molecular formula is C10H18N4OS. The third-order valence-corrected chi connectivity index (χ3v) is 3.06. The molecule has 1 rings (SSSR count). The molecular weight excluding hydrogens is 224 g/mol. The van der Waals surface area contributed by atoms with Crippen LogP contribution < -0.4 is 10.5 Å². The van der Waals surface area contributed by atoms with E-state index in [4.69, 9.17) is 10.5 Å². The van der Waals surface area contributed by atoms with Gasteiger partial charge in [-0.2, -0.15) is 15.0 Å². The van der Waals surface area contributed by atoms with Gasteiger partial charge in [-0.05, 0) is 12.8 Å². The van der Waals surface area contributed by atoms with Crippen molar-refractivity contribution in [2.75, 3.05) is 12.3 Å². The number of nitrogens with two attached hydrogens (primary N) is 1. The van der Waals surface area contributed by atoms with Crippen LogP contribution in [0.15, 0.2) is 5.16 Å². The maximum absolute atomic E-state index is 5.59. The zero-order chi connectivity index (χ0) is 12.0. The topological polar surface area (TPSA) is 73.9 Å². The van der Waals surface area contributed by atoms with Crippen molar-refractivity contribution < 1.29 is 4.74 Å². The highest BCUT2D eigenvalue weighted by atomic mass is 32.2. The van der Waals surface area contributed by atoms with E-state index in [1.54, 1.807) is 11.8 Å². The monoisotopic (exact) mass is 242 g/mol. The molecule has 0 aliphatic carbocycles. The van der Waals surface area contributed by atoms with Crippen LogP contribution in [-0.4, -0.2) is 26.8 Å². The second-order valence-electron chi connectivity index (χ2n) is 3.44. The molecule has 1 atom stereocenters. The van der Waals surface area contributed by atoms with Crippen molar-refractivity contribution in [3.63, 3.8) is 0 Å². The summed E-state index contributed by atoms with van der Waals surface area (Å²) < 4.78 is 5.34. The Kier molecular flexibility index (Phi) is 5.31. The van der Waals surface area contributed by atoms with Crippen LogP contribution in [0, 0.1) is 0 Å². The molecule has 5 nitrogen and oxygen atoms in total. The number of anilines is 1. The molecule has 1 heterocycles. The first kappa shape index (κ1) is 13.0. The summed E-state index contributed by atoms with van der Waals surface area (Å²) >= 11 is 1.58. The maximum Gasteiger partial charge on any atom is 0.322 e. The molecule has 90 valence electrons. The summed E-state index contributed by atoms with van der Waals surface area (Å²) in [6.45, 7) is 6.87. The molecule has 0 bridgehead atoms. The molecule has 0 spiro atoms. The highest BCUT2D eigenvalue weighted by Gasteiger charge is 2.09. The average molecular weight is 242 g/mol. The number of nitrogen functional groups attached to an aromatic ring is 1. The normalized spacial score (nSPS) is 12.4. The number of thioether (sulfide) groups is 1. The summed E-state index contributed by atoms with van der Waals surface area (Å²) in [5, 5.41) is 1.09. The van der Waals surface area contributed by atoms with Crippen LogP contribution in [0.1, 0.15) is 33.6 Å². The maximum atomic E-state index is 5.59. The van der Waals surface area contributed by atoms with Gasteiger partial charge in [0.1, 0.15) is 0 Å². The van der Waals surface area contributed by atoms with E-state index in [0.29, 0.717) is 23.0 Å².